The number of nitrogens with zero attached hydrogens (tertiary/aromatic N) is 4. The van der Waals surface area contributed by atoms with Crippen LogP contribution in [0.2, 0.25) is 0 Å². The summed E-state index contributed by atoms with van der Waals surface area (Å²) in [5, 5.41) is 0.784. The third kappa shape index (κ3) is 4.59. The number of ether oxygens (including phenoxy) is 2. The molecular weight excluding hydrogens is 428 g/mol. The number of fused-ring (bicyclic) bond motifs is 1. The van der Waals surface area contributed by atoms with Gasteiger partial charge in [0.05, 0.1) is 17.4 Å². The Morgan fingerprint density at radius 2 is 1.69 bits per heavy atom. The van der Waals surface area contributed by atoms with Gasteiger partial charge in [-0.05, 0) is 38.2 Å². The lowest BCUT2D eigenvalue weighted by Crippen LogP contribution is -2.44. The van der Waals surface area contributed by atoms with Gasteiger partial charge in [0.1, 0.15) is 11.4 Å². The third-order valence-electron chi connectivity index (χ3n) is 6.51. The van der Waals surface area contributed by atoms with Gasteiger partial charge >= 0.3 is 0 Å². The minimum atomic E-state index is 0.00140. The van der Waals surface area contributed by atoms with Gasteiger partial charge in [-0.1, -0.05) is 12.8 Å². The Morgan fingerprint density at radius 1 is 1.00 bits per heavy atom. The zero-order valence-electron chi connectivity index (χ0n) is 19.2. The number of carbonyl (C=O) groups excluding carboxylic acids is 2. The second kappa shape index (κ2) is 10.1. The summed E-state index contributed by atoms with van der Waals surface area (Å²) in [7, 11) is 3.17. The van der Waals surface area contributed by atoms with Crippen LogP contribution in [0, 0.1) is 12.8 Å². The Hall–Kier alpha value is -2.26. The summed E-state index contributed by atoms with van der Waals surface area (Å²) in [4.78, 5) is 40.6. The summed E-state index contributed by atoms with van der Waals surface area (Å²) in [6, 6.07) is 0. The summed E-state index contributed by atoms with van der Waals surface area (Å²) in [6.07, 6.45) is 6.10. The Balaban J connectivity index is 1.47. The molecule has 0 aromatic carbocycles. The average Bonchev–Trinajstić information content (AvgIpc) is 2.97. The molecule has 9 heteroatoms. The molecule has 0 radical (unpaired) electrons. The zero-order valence-corrected chi connectivity index (χ0v) is 20.0. The number of hydrogen-bond acceptors (Lipinski definition) is 7. The summed E-state index contributed by atoms with van der Waals surface area (Å²) in [5.74, 6) is 1.31. The molecule has 2 fully saturated rings. The zero-order chi connectivity index (χ0) is 22.7. The molecule has 8 nitrogen and oxygen atoms in total. The van der Waals surface area contributed by atoms with Gasteiger partial charge < -0.3 is 19.3 Å². The van der Waals surface area contributed by atoms with Crippen molar-refractivity contribution in [2.24, 2.45) is 5.92 Å². The first-order valence-electron chi connectivity index (χ1n) is 11.4. The topological polar surface area (TPSA) is 84.9 Å². The highest BCUT2D eigenvalue weighted by molar-refractivity contribution is 7.20. The van der Waals surface area contributed by atoms with Crippen LogP contribution >= 0.6 is 11.3 Å². The van der Waals surface area contributed by atoms with Crippen LogP contribution in [-0.4, -0.2) is 72.0 Å². The molecule has 0 N–H and O–H groups in total. The van der Waals surface area contributed by atoms with Crippen LogP contribution in [-0.2, 0) is 16.1 Å². The van der Waals surface area contributed by atoms with Crippen molar-refractivity contribution in [1.82, 2.24) is 19.8 Å². The molecule has 0 atom stereocenters. The molecule has 2 saturated heterocycles. The van der Waals surface area contributed by atoms with Crippen molar-refractivity contribution in [2.75, 3.05) is 40.4 Å². The van der Waals surface area contributed by atoms with E-state index in [1.165, 1.54) is 24.2 Å². The van der Waals surface area contributed by atoms with E-state index in [9.17, 15) is 9.59 Å². The molecule has 0 spiro atoms. The lowest BCUT2D eigenvalue weighted by atomic mass is 9.95. The van der Waals surface area contributed by atoms with Crippen molar-refractivity contribution in [1.29, 1.82) is 0 Å². The van der Waals surface area contributed by atoms with E-state index in [0.29, 0.717) is 29.7 Å². The largest absolute Gasteiger partial charge is 0.480 e. The first-order valence-corrected chi connectivity index (χ1v) is 12.3. The van der Waals surface area contributed by atoms with Crippen molar-refractivity contribution < 1.29 is 19.1 Å². The van der Waals surface area contributed by atoms with Crippen LogP contribution in [0.3, 0.4) is 0 Å². The molecule has 4 rings (SSSR count). The molecule has 0 bridgehead atoms. The molecule has 2 aliphatic heterocycles. The summed E-state index contributed by atoms with van der Waals surface area (Å²) in [5.41, 5.74) is 0.846. The lowest BCUT2D eigenvalue weighted by Gasteiger charge is -2.34. The van der Waals surface area contributed by atoms with Crippen LogP contribution < -0.4 is 4.74 Å². The normalized spacial score (nSPS) is 18.1. The number of thiophene rings is 1. The van der Waals surface area contributed by atoms with E-state index < -0.39 is 0 Å². The van der Waals surface area contributed by atoms with E-state index in [-0.39, 0.29) is 24.3 Å². The lowest BCUT2D eigenvalue weighted by molar-refractivity contribution is -0.136. The predicted molar refractivity (Wildman–Crippen MR) is 123 cm³/mol. The van der Waals surface area contributed by atoms with Crippen molar-refractivity contribution in [3.8, 4) is 5.88 Å². The highest BCUT2D eigenvalue weighted by Gasteiger charge is 2.32. The van der Waals surface area contributed by atoms with Crippen LogP contribution in [0.5, 0.6) is 5.88 Å². The number of rotatable bonds is 5. The SMILES string of the molecule is COCc1nc(OC)c2c(C)c(C(=O)N3CCC(C(=O)N4CCCCCC4)CC3)sc2n1. The van der Waals surface area contributed by atoms with Gasteiger partial charge in [-0.15, -0.1) is 11.3 Å². The number of amides is 2. The Morgan fingerprint density at radius 3 is 2.31 bits per heavy atom. The molecule has 2 aromatic rings. The fourth-order valence-electron chi connectivity index (χ4n) is 4.71. The Bertz CT molecular complexity index is 976. The van der Waals surface area contributed by atoms with E-state index in [2.05, 4.69) is 9.97 Å². The van der Waals surface area contributed by atoms with E-state index in [1.807, 2.05) is 16.7 Å². The number of aromatic nitrogens is 2. The van der Waals surface area contributed by atoms with Crippen molar-refractivity contribution >= 4 is 33.4 Å². The fourth-order valence-corrected chi connectivity index (χ4v) is 5.87. The number of hydrogen-bond donors (Lipinski definition) is 0. The first-order chi connectivity index (χ1) is 15.5. The predicted octanol–water partition coefficient (Wildman–Crippen LogP) is 3.41. The maximum atomic E-state index is 13.4. The number of piperidine rings is 1. The summed E-state index contributed by atoms with van der Waals surface area (Å²) in [6.45, 7) is 5.18. The van der Waals surface area contributed by atoms with E-state index in [0.717, 1.165) is 54.6 Å². The molecule has 0 unspecified atom stereocenters. The Kier molecular flexibility index (Phi) is 7.25. The molecule has 2 amide bonds. The number of aryl methyl sites for hydroxylation is 1. The maximum Gasteiger partial charge on any atom is 0.264 e. The van der Waals surface area contributed by atoms with E-state index >= 15 is 0 Å². The van der Waals surface area contributed by atoms with Gasteiger partial charge in [0.25, 0.3) is 5.91 Å². The van der Waals surface area contributed by atoms with E-state index in [1.54, 1.807) is 14.2 Å². The number of likely N-dealkylation sites (tertiary alicyclic amines) is 2. The van der Waals surface area contributed by atoms with Gasteiger partial charge in [-0.2, -0.15) is 4.98 Å². The quantitative estimate of drug-likeness (QED) is 0.680. The van der Waals surface area contributed by atoms with Gasteiger partial charge in [0.15, 0.2) is 5.82 Å². The highest BCUT2D eigenvalue weighted by atomic mass is 32.1. The molecule has 2 aliphatic rings. The van der Waals surface area contributed by atoms with Gasteiger partial charge in [0, 0.05) is 39.2 Å². The van der Waals surface area contributed by atoms with Crippen molar-refractivity contribution in [3.05, 3.63) is 16.3 Å². The van der Waals surface area contributed by atoms with Crippen LogP contribution in [0.1, 0.15) is 59.6 Å². The molecule has 174 valence electrons. The minimum absolute atomic E-state index is 0.00140. The summed E-state index contributed by atoms with van der Waals surface area (Å²) >= 11 is 1.37. The molecule has 0 aliphatic carbocycles. The van der Waals surface area contributed by atoms with Gasteiger partial charge in [-0.3, -0.25) is 9.59 Å². The smallest absolute Gasteiger partial charge is 0.264 e. The van der Waals surface area contributed by atoms with Crippen LogP contribution in [0.15, 0.2) is 0 Å². The molecule has 2 aromatic heterocycles. The number of carbonyl (C=O) groups is 2. The number of methoxy groups -OCH3 is 2. The molecule has 32 heavy (non-hydrogen) atoms. The maximum absolute atomic E-state index is 13.4. The second-order valence-corrected chi connectivity index (χ2v) is 9.62. The summed E-state index contributed by atoms with van der Waals surface area (Å²) < 4.78 is 10.6. The van der Waals surface area contributed by atoms with E-state index in [4.69, 9.17) is 9.47 Å². The standard InChI is InChI=1S/C23H32N4O4S/c1-15-18-20(31-3)24-17(14-30-2)25-21(18)32-19(15)23(29)27-12-8-16(9-13-27)22(28)26-10-6-4-5-7-11-26/h16H,4-14H2,1-3H3. The monoisotopic (exact) mass is 460 g/mol. The third-order valence-corrected chi connectivity index (χ3v) is 7.69. The fraction of sp³-hybridized carbons (Fsp3) is 0.652. The van der Waals surface area contributed by atoms with Crippen molar-refractivity contribution in [3.63, 3.8) is 0 Å². The second-order valence-electron chi connectivity index (χ2n) is 8.62. The van der Waals surface area contributed by atoms with Gasteiger partial charge in [-0.25, -0.2) is 4.98 Å². The van der Waals surface area contributed by atoms with Crippen LogP contribution in [0.4, 0.5) is 0 Å². The Labute approximate surface area is 192 Å². The van der Waals surface area contributed by atoms with Crippen molar-refractivity contribution in [2.45, 2.75) is 52.1 Å². The first kappa shape index (κ1) is 22.9. The minimum Gasteiger partial charge on any atom is -0.480 e. The molecular formula is C23H32N4O4S. The van der Waals surface area contributed by atoms with Gasteiger partial charge in [0.2, 0.25) is 11.8 Å². The van der Waals surface area contributed by atoms with Crippen LogP contribution in [0.25, 0.3) is 10.2 Å². The highest BCUT2D eigenvalue weighted by Crippen LogP contribution is 2.36. The molecule has 0 saturated carbocycles. The average molecular weight is 461 g/mol. The molecule has 4 heterocycles.